The molecule has 0 atom stereocenters. The Bertz CT molecular complexity index is 1320. The Kier molecular flexibility index (Phi) is 6.32. The summed E-state index contributed by atoms with van der Waals surface area (Å²) in [6.45, 7) is 0.258. The maximum absolute atomic E-state index is 12.9. The van der Waals surface area contributed by atoms with Crippen LogP contribution in [0.25, 0.3) is 11.0 Å². The average Bonchev–Trinajstić information content (AvgIpc) is 3.20. The molecule has 3 amide bonds. The van der Waals surface area contributed by atoms with Crippen LogP contribution in [0.15, 0.2) is 65.2 Å². The predicted molar refractivity (Wildman–Crippen MR) is 127 cm³/mol. The number of methoxy groups -OCH3 is 1. The molecule has 0 spiro atoms. The first kappa shape index (κ1) is 22.0. The Morgan fingerprint density at radius 2 is 1.85 bits per heavy atom. The van der Waals surface area contributed by atoms with Crippen molar-refractivity contribution < 1.29 is 18.8 Å². The summed E-state index contributed by atoms with van der Waals surface area (Å²) in [6, 6.07) is 16.7. The Balaban J connectivity index is 1.42. The lowest BCUT2D eigenvalue weighted by Gasteiger charge is -2.11. The lowest BCUT2D eigenvalue weighted by Crippen LogP contribution is -2.28. The Morgan fingerprint density at radius 3 is 2.61 bits per heavy atom. The fraction of sp³-hybridized carbons (Fsp3) is 0.0870. The van der Waals surface area contributed by atoms with E-state index in [1.54, 1.807) is 54.6 Å². The van der Waals surface area contributed by atoms with Crippen LogP contribution in [-0.4, -0.2) is 24.2 Å². The predicted octanol–water partition coefficient (Wildman–Crippen LogP) is 4.65. The molecule has 4 aromatic rings. The Hall–Kier alpha value is -4.24. The number of urea groups is 1. The molecule has 33 heavy (non-hydrogen) atoms. The number of nitrogens with zero attached hydrogens (tertiary/aromatic N) is 1. The third-order valence-corrected chi connectivity index (χ3v) is 5.07. The van der Waals surface area contributed by atoms with Crippen molar-refractivity contribution in [3.05, 3.63) is 76.8 Å². The number of hydrogen-bond donors (Lipinski definition) is 4. The highest BCUT2D eigenvalue weighted by atomic mass is 35.5. The number of halogens is 1. The smallest absolute Gasteiger partial charge is 0.319 e. The van der Waals surface area contributed by atoms with Crippen molar-refractivity contribution in [1.29, 1.82) is 0 Å². The zero-order chi connectivity index (χ0) is 23.4. The summed E-state index contributed by atoms with van der Waals surface area (Å²) >= 11 is 5.85. The molecule has 0 fully saturated rings. The second-order valence-electron chi connectivity index (χ2n) is 7.06. The highest BCUT2D eigenvalue weighted by molar-refractivity contribution is 6.30. The van der Waals surface area contributed by atoms with Crippen LogP contribution >= 0.6 is 11.6 Å². The van der Waals surface area contributed by atoms with E-state index in [2.05, 4.69) is 21.1 Å². The molecule has 168 valence electrons. The van der Waals surface area contributed by atoms with Crippen LogP contribution < -0.4 is 26.4 Å². The van der Waals surface area contributed by atoms with Gasteiger partial charge in [-0.15, -0.1) is 0 Å². The number of amides is 3. The van der Waals surface area contributed by atoms with E-state index in [1.807, 2.05) is 6.07 Å². The molecule has 0 aliphatic heterocycles. The van der Waals surface area contributed by atoms with Crippen molar-refractivity contribution in [2.75, 3.05) is 23.5 Å². The summed E-state index contributed by atoms with van der Waals surface area (Å²) in [5.41, 5.74) is 8.46. The summed E-state index contributed by atoms with van der Waals surface area (Å²) in [5.74, 6) is 0.137. The summed E-state index contributed by atoms with van der Waals surface area (Å²) in [4.78, 5) is 25.1. The maximum atomic E-state index is 12.9. The van der Waals surface area contributed by atoms with Gasteiger partial charge in [-0.05, 0) is 54.1 Å². The highest BCUT2D eigenvalue weighted by Gasteiger charge is 2.20. The van der Waals surface area contributed by atoms with Gasteiger partial charge in [0.2, 0.25) is 5.58 Å². The van der Waals surface area contributed by atoms with Crippen molar-refractivity contribution in [3.8, 4) is 5.75 Å². The van der Waals surface area contributed by atoms with Crippen molar-refractivity contribution >= 4 is 51.7 Å². The van der Waals surface area contributed by atoms with Gasteiger partial charge in [0.05, 0.1) is 18.1 Å². The monoisotopic (exact) mass is 465 g/mol. The minimum Gasteiger partial charge on any atom is -0.493 e. The highest BCUT2D eigenvalue weighted by Crippen LogP contribution is 2.32. The van der Waals surface area contributed by atoms with Crippen LogP contribution in [0.2, 0.25) is 5.02 Å². The molecular formula is C23H20ClN5O4. The van der Waals surface area contributed by atoms with Gasteiger partial charge in [0.15, 0.2) is 11.6 Å². The van der Waals surface area contributed by atoms with Crippen LogP contribution in [-0.2, 0) is 6.54 Å². The number of carbonyl (C=O) groups is 2. The molecule has 3 aromatic carbocycles. The second-order valence-corrected chi connectivity index (χ2v) is 7.49. The van der Waals surface area contributed by atoms with Crippen LogP contribution in [0, 0.1) is 0 Å². The third-order valence-electron chi connectivity index (χ3n) is 4.82. The second kappa shape index (κ2) is 9.49. The van der Waals surface area contributed by atoms with Crippen molar-refractivity contribution in [1.82, 2.24) is 10.5 Å². The van der Waals surface area contributed by atoms with Gasteiger partial charge in [-0.3, -0.25) is 4.79 Å². The van der Waals surface area contributed by atoms with Crippen molar-refractivity contribution in [3.63, 3.8) is 0 Å². The number of hydrogen-bond acceptors (Lipinski definition) is 6. The van der Waals surface area contributed by atoms with E-state index in [9.17, 15) is 9.59 Å². The summed E-state index contributed by atoms with van der Waals surface area (Å²) < 4.78 is 10.4. The Morgan fingerprint density at radius 1 is 1.06 bits per heavy atom. The standard InChI is InChI=1S/C23H20ClN5O4/c1-32-18-10-9-17(19-20(18)33-29-21(19)25)22(30)27-16-4-2-3-13(11-16)12-26-23(31)28-15-7-5-14(24)6-8-15/h2-11H,12H2,1H3,(H2,25,29)(H,27,30)(H2,26,28,31). The Labute approximate surface area is 193 Å². The number of rotatable bonds is 6. The van der Waals surface area contributed by atoms with E-state index in [0.717, 1.165) is 5.56 Å². The van der Waals surface area contributed by atoms with Gasteiger partial charge in [0.1, 0.15) is 0 Å². The first-order valence-corrected chi connectivity index (χ1v) is 10.2. The summed E-state index contributed by atoms with van der Waals surface area (Å²) in [7, 11) is 1.49. The number of ether oxygens (including phenoxy) is 1. The molecule has 0 aliphatic carbocycles. The lowest BCUT2D eigenvalue weighted by atomic mass is 10.1. The fourth-order valence-corrected chi connectivity index (χ4v) is 3.37. The molecule has 10 heteroatoms. The first-order valence-electron chi connectivity index (χ1n) is 9.87. The third kappa shape index (κ3) is 4.99. The lowest BCUT2D eigenvalue weighted by molar-refractivity contribution is 0.102. The van der Waals surface area contributed by atoms with E-state index in [4.69, 9.17) is 26.6 Å². The first-order chi connectivity index (χ1) is 15.9. The van der Waals surface area contributed by atoms with Crippen LogP contribution in [0.5, 0.6) is 5.75 Å². The zero-order valence-corrected chi connectivity index (χ0v) is 18.3. The topological polar surface area (TPSA) is 132 Å². The summed E-state index contributed by atoms with van der Waals surface area (Å²) in [6.07, 6.45) is 0. The molecule has 0 saturated heterocycles. The van der Waals surface area contributed by atoms with Crippen molar-refractivity contribution in [2.45, 2.75) is 6.54 Å². The molecular weight excluding hydrogens is 446 g/mol. The normalized spacial score (nSPS) is 10.6. The number of aromatic nitrogens is 1. The minimum absolute atomic E-state index is 0.0960. The summed E-state index contributed by atoms with van der Waals surface area (Å²) in [5, 5.41) is 13.0. The zero-order valence-electron chi connectivity index (χ0n) is 17.5. The molecule has 0 bridgehead atoms. The molecule has 9 nitrogen and oxygen atoms in total. The van der Waals surface area contributed by atoms with Gasteiger partial charge in [0, 0.05) is 22.9 Å². The molecule has 0 unspecified atom stereocenters. The fourth-order valence-electron chi connectivity index (χ4n) is 3.25. The quantitative estimate of drug-likeness (QED) is 0.328. The number of anilines is 3. The maximum Gasteiger partial charge on any atom is 0.319 e. The van der Waals surface area contributed by atoms with Crippen molar-refractivity contribution in [2.24, 2.45) is 0 Å². The van der Waals surface area contributed by atoms with Gasteiger partial charge < -0.3 is 30.9 Å². The molecule has 0 radical (unpaired) electrons. The number of nitrogen functional groups attached to an aromatic ring is 1. The van der Waals surface area contributed by atoms with E-state index >= 15 is 0 Å². The molecule has 0 saturated carbocycles. The van der Waals surface area contributed by atoms with Crippen LogP contribution in [0.4, 0.5) is 22.0 Å². The number of benzene rings is 3. The number of fused-ring (bicyclic) bond motifs is 1. The number of carbonyl (C=O) groups excluding carboxylic acids is 2. The molecule has 4 rings (SSSR count). The van der Waals surface area contributed by atoms with Gasteiger partial charge >= 0.3 is 6.03 Å². The van der Waals surface area contributed by atoms with E-state index in [1.165, 1.54) is 7.11 Å². The van der Waals surface area contributed by atoms with E-state index < -0.39 is 0 Å². The van der Waals surface area contributed by atoms with E-state index in [0.29, 0.717) is 38.7 Å². The van der Waals surface area contributed by atoms with Crippen LogP contribution in [0.1, 0.15) is 15.9 Å². The molecule has 1 aromatic heterocycles. The largest absolute Gasteiger partial charge is 0.493 e. The van der Waals surface area contributed by atoms with Gasteiger partial charge in [-0.1, -0.05) is 28.9 Å². The molecule has 0 aliphatic rings. The van der Waals surface area contributed by atoms with Gasteiger partial charge in [-0.2, -0.15) is 0 Å². The van der Waals surface area contributed by atoms with E-state index in [-0.39, 0.29) is 24.3 Å². The number of nitrogens with two attached hydrogens (primary N) is 1. The van der Waals surface area contributed by atoms with Gasteiger partial charge in [-0.25, -0.2) is 4.79 Å². The van der Waals surface area contributed by atoms with Gasteiger partial charge in [0.25, 0.3) is 5.91 Å². The number of nitrogens with one attached hydrogen (secondary N) is 3. The average molecular weight is 466 g/mol. The minimum atomic E-state index is -0.386. The molecule has 5 N–H and O–H groups in total. The molecule has 1 heterocycles. The van der Waals surface area contributed by atoms with Crippen LogP contribution in [0.3, 0.4) is 0 Å². The SMILES string of the molecule is COc1ccc(C(=O)Nc2cccc(CNC(=O)Nc3ccc(Cl)cc3)c2)c2c(N)noc12.